The van der Waals surface area contributed by atoms with E-state index in [4.69, 9.17) is 4.43 Å². The maximum Gasteiger partial charge on any atom is 0.184 e. The van der Waals surface area contributed by atoms with E-state index in [9.17, 15) is 0 Å². The van der Waals surface area contributed by atoms with Crippen molar-refractivity contribution >= 4 is 56.1 Å². The summed E-state index contributed by atoms with van der Waals surface area (Å²) in [6.45, 7) is 8.92. The van der Waals surface area contributed by atoms with Gasteiger partial charge in [-0.15, -0.1) is 0 Å². The lowest BCUT2D eigenvalue weighted by Crippen LogP contribution is -2.38. The molecule has 0 amide bonds. The molecule has 0 fully saturated rings. The van der Waals surface area contributed by atoms with Crippen molar-refractivity contribution in [1.29, 1.82) is 0 Å². The summed E-state index contributed by atoms with van der Waals surface area (Å²) in [5, 5.41) is 0. The van der Waals surface area contributed by atoms with Gasteiger partial charge in [0.1, 0.15) is 0 Å². The fraction of sp³-hybridized carbons (Fsp3) is 1.00. The van der Waals surface area contributed by atoms with Crippen molar-refractivity contribution in [1.82, 2.24) is 0 Å². The summed E-state index contributed by atoms with van der Waals surface area (Å²) >= 11 is 10.8. The number of alkyl halides is 3. The first-order valence-electron chi connectivity index (χ1n) is 5.91. The van der Waals surface area contributed by atoms with E-state index in [2.05, 4.69) is 74.4 Å². The first-order chi connectivity index (χ1) is 7.17. The summed E-state index contributed by atoms with van der Waals surface area (Å²) in [4.78, 5) is 0. The van der Waals surface area contributed by atoms with Crippen molar-refractivity contribution < 1.29 is 4.43 Å². The van der Waals surface area contributed by atoms with E-state index >= 15 is 0 Å². The van der Waals surface area contributed by atoms with Crippen LogP contribution in [0, 0.1) is 0 Å². The van der Waals surface area contributed by atoms with Crippen LogP contribution in [0.4, 0.5) is 0 Å². The summed E-state index contributed by atoms with van der Waals surface area (Å²) in [7, 11) is -1.49. The fourth-order valence-corrected chi connectivity index (χ4v) is 4.11. The smallest absolute Gasteiger partial charge is 0.184 e. The Morgan fingerprint density at radius 2 is 1.62 bits per heavy atom. The van der Waals surface area contributed by atoms with E-state index in [1.165, 1.54) is 25.7 Å². The highest BCUT2D eigenvalue weighted by Crippen LogP contribution is 2.41. The van der Waals surface area contributed by atoms with Crippen LogP contribution < -0.4 is 0 Å². The Morgan fingerprint density at radius 1 is 1.06 bits per heavy atom. The number of hydrogen-bond acceptors (Lipinski definition) is 1. The molecule has 1 unspecified atom stereocenters. The minimum Gasteiger partial charge on any atom is -0.412 e. The Balaban J connectivity index is 4.13. The SMILES string of the molecule is CCCCCCC(O[Si](C)(C)C)C(Br)(Br)Br. The Morgan fingerprint density at radius 3 is 2.00 bits per heavy atom. The standard InChI is InChI=1S/C11H23Br3OSi/c1-5-6-7-8-9-10(11(12,13)14)15-16(2,3)4/h10H,5-9H2,1-4H3. The van der Waals surface area contributed by atoms with Crippen molar-refractivity contribution in [2.75, 3.05) is 0 Å². The summed E-state index contributed by atoms with van der Waals surface area (Å²) in [5.74, 6) is 0. The summed E-state index contributed by atoms with van der Waals surface area (Å²) in [6.07, 6.45) is 6.40. The molecule has 0 spiro atoms. The van der Waals surface area contributed by atoms with Crippen molar-refractivity contribution in [2.24, 2.45) is 0 Å². The van der Waals surface area contributed by atoms with Crippen LogP contribution in [-0.4, -0.2) is 16.6 Å². The van der Waals surface area contributed by atoms with Crippen molar-refractivity contribution in [3.8, 4) is 0 Å². The first-order valence-corrected chi connectivity index (χ1v) is 11.7. The number of halogens is 3. The monoisotopic (exact) mass is 436 g/mol. The van der Waals surface area contributed by atoms with Gasteiger partial charge in [0.2, 0.25) is 0 Å². The quantitative estimate of drug-likeness (QED) is 0.268. The minimum atomic E-state index is -1.49. The van der Waals surface area contributed by atoms with Crippen LogP contribution in [0.3, 0.4) is 0 Å². The molecule has 0 aromatic carbocycles. The number of unbranched alkanes of at least 4 members (excludes halogenated alkanes) is 3. The number of rotatable bonds is 7. The molecule has 0 aromatic rings. The van der Waals surface area contributed by atoms with Crippen molar-refractivity contribution in [2.45, 2.75) is 66.9 Å². The molecule has 0 heterocycles. The fourth-order valence-electron chi connectivity index (χ4n) is 1.47. The normalized spacial score (nSPS) is 15.2. The topological polar surface area (TPSA) is 9.23 Å². The van der Waals surface area contributed by atoms with Crippen LogP contribution in [0.25, 0.3) is 0 Å². The average molecular weight is 439 g/mol. The van der Waals surface area contributed by atoms with Crippen LogP contribution in [-0.2, 0) is 4.43 Å². The maximum absolute atomic E-state index is 6.18. The predicted molar refractivity (Wildman–Crippen MR) is 86.5 cm³/mol. The molecule has 0 radical (unpaired) electrons. The van der Waals surface area contributed by atoms with Crippen LogP contribution >= 0.6 is 47.8 Å². The molecule has 98 valence electrons. The molecule has 0 aromatic heterocycles. The molecule has 0 aliphatic heterocycles. The zero-order valence-corrected chi connectivity index (χ0v) is 16.4. The highest BCUT2D eigenvalue weighted by atomic mass is 80.0. The third-order valence-electron chi connectivity index (χ3n) is 2.18. The van der Waals surface area contributed by atoms with E-state index in [1.807, 2.05) is 0 Å². The third-order valence-corrected chi connectivity index (χ3v) is 4.70. The van der Waals surface area contributed by atoms with Gasteiger partial charge in [-0.1, -0.05) is 80.4 Å². The van der Waals surface area contributed by atoms with E-state index < -0.39 is 8.32 Å². The van der Waals surface area contributed by atoms with Crippen LogP contribution in [0.1, 0.15) is 39.0 Å². The lowest BCUT2D eigenvalue weighted by Gasteiger charge is -2.32. The second-order valence-corrected chi connectivity index (χ2v) is 16.5. The lowest BCUT2D eigenvalue weighted by atomic mass is 10.1. The second kappa shape index (κ2) is 7.92. The molecule has 1 atom stereocenters. The Labute approximate surface area is 127 Å². The van der Waals surface area contributed by atoms with Gasteiger partial charge in [-0.05, 0) is 26.1 Å². The largest absolute Gasteiger partial charge is 0.412 e. The third kappa shape index (κ3) is 9.63. The van der Waals surface area contributed by atoms with Gasteiger partial charge in [0, 0.05) is 0 Å². The van der Waals surface area contributed by atoms with Gasteiger partial charge in [-0.3, -0.25) is 0 Å². The molecule has 0 N–H and O–H groups in total. The predicted octanol–water partition coefficient (Wildman–Crippen LogP) is 6.02. The van der Waals surface area contributed by atoms with Crippen LogP contribution in [0.5, 0.6) is 0 Å². The molecule has 0 bridgehead atoms. The molecule has 5 heteroatoms. The second-order valence-electron chi connectivity index (χ2n) is 5.11. The van der Waals surface area contributed by atoms with Gasteiger partial charge in [0.15, 0.2) is 10.5 Å². The maximum atomic E-state index is 6.18. The van der Waals surface area contributed by atoms with Gasteiger partial charge >= 0.3 is 0 Å². The minimum absolute atomic E-state index is 0.191. The van der Waals surface area contributed by atoms with Gasteiger partial charge in [0.05, 0.1) is 6.10 Å². The van der Waals surface area contributed by atoms with E-state index in [0.717, 1.165) is 6.42 Å². The Hall–Kier alpha value is 1.62. The van der Waals surface area contributed by atoms with Crippen LogP contribution in [0.2, 0.25) is 19.6 Å². The molecule has 16 heavy (non-hydrogen) atoms. The van der Waals surface area contributed by atoms with Crippen molar-refractivity contribution in [3.63, 3.8) is 0 Å². The molecule has 1 nitrogen and oxygen atoms in total. The Bertz CT molecular complexity index is 187. The van der Waals surface area contributed by atoms with E-state index in [0.29, 0.717) is 0 Å². The molecule has 0 rings (SSSR count). The van der Waals surface area contributed by atoms with Gasteiger partial charge < -0.3 is 4.43 Å². The zero-order chi connectivity index (χ0) is 12.8. The first kappa shape index (κ1) is 17.6. The van der Waals surface area contributed by atoms with Gasteiger partial charge in [0.25, 0.3) is 0 Å². The Kier molecular flexibility index (Phi) is 8.72. The molecule has 0 aliphatic rings. The van der Waals surface area contributed by atoms with Crippen LogP contribution in [0.15, 0.2) is 0 Å². The van der Waals surface area contributed by atoms with Gasteiger partial charge in [-0.25, -0.2) is 0 Å². The lowest BCUT2D eigenvalue weighted by molar-refractivity contribution is 0.193. The van der Waals surface area contributed by atoms with Gasteiger partial charge in [-0.2, -0.15) is 0 Å². The van der Waals surface area contributed by atoms with E-state index in [1.54, 1.807) is 0 Å². The summed E-state index contributed by atoms with van der Waals surface area (Å²) < 4.78 is 5.90. The number of hydrogen-bond donors (Lipinski definition) is 0. The van der Waals surface area contributed by atoms with E-state index in [-0.39, 0.29) is 8.25 Å². The zero-order valence-electron chi connectivity index (χ0n) is 10.7. The average Bonchev–Trinajstić information content (AvgIpc) is 2.06. The molecular formula is C11H23Br3OSi. The summed E-state index contributed by atoms with van der Waals surface area (Å²) in [6, 6.07) is 0. The highest BCUT2D eigenvalue weighted by molar-refractivity contribution is 9.39. The molecular weight excluding hydrogens is 416 g/mol. The van der Waals surface area contributed by atoms with Crippen molar-refractivity contribution in [3.05, 3.63) is 0 Å². The molecule has 0 saturated heterocycles. The molecule has 0 aliphatic carbocycles. The summed E-state index contributed by atoms with van der Waals surface area (Å²) in [5.41, 5.74) is 0. The molecule has 0 saturated carbocycles. The highest BCUT2D eigenvalue weighted by Gasteiger charge is 2.34.